The maximum absolute atomic E-state index is 12.6. The minimum absolute atomic E-state index is 0.277. The van der Waals surface area contributed by atoms with Gasteiger partial charge in [0.1, 0.15) is 0 Å². The van der Waals surface area contributed by atoms with Gasteiger partial charge < -0.3 is 5.11 Å². The number of rotatable bonds is 20. The number of carboxylic acid groups (broad SMARTS) is 1. The molecular formula is C26H52O2. The first-order valence-electron chi connectivity index (χ1n) is 12.7. The molecule has 0 bridgehead atoms. The van der Waals surface area contributed by atoms with Gasteiger partial charge in [0.15, 0.2) is 0 Å². The van der Waals surface area contributed by atoms with Crippen molar-refractivity contribution in [2.45, 2.75) is 144 Å². The lowest BCUT2D eigenvalue weighted by Gasteiger charge is -2.41. The number of unbranched alkanes of at least 4 members (excludes halogenated alkanes) is 11. The topological polar surface area (TPSA) is 37.3 Å². The van der Waals surface area contributed by atoms with Gasteiger partial charge >= 0.3 is 5.97 Å². The second kappa shape index (κ2) is 17.3. The van der Waals surface area contributed by atoms with Crippen LogP contribution in [0.4, 0.5) is 0 Å². The average Bonchev–Trinajstić information content (AvgIpc) is 2.67. The van der Waals surface area contributed by atoms with E-state index in [1.807, 2.05) is 0 Å². The van der Waals surface area contributed by atoms with E-state index in [0.717, 1.165) is 25.7 Å². The molecule has 0 rings (SSSR count). The molecule has 0 saturated heterocycles. The summed E-state index contributed by atoms with van der Waals surface area (Å²) in [7, 11) is 0. The van der Waals surface area contributed by atoms with Gasteiger partial charge in [0.05, 0.1) is 5.41 Å². The van der Waals surface area contributed by atoms with Crippen molar-refractivity contribution in [2.24, 2.45) is 17.3 Å². The molecule has 0 amide bonds. The summed E-state index contributed by atoms with van der Waals surface area (Å²) in [6.45, 7) is 11.2. The maximum atomic E-state index is 12.6. The number of aliphatic carboxylic acids is 1. The molecule has 0 heterocycles. The Morgan fingerprint density at radius 2 is 1.00 bits per heavy atom. The highest BCUT2D eigenvalue weighted by Gasteiger charge is 2.46. The highest BCUT2D eigenvalue weighted by atomic mass is 16.4. The van der Waals surface area contributed by atoms with Crippen molar-refractivity contribution < 1.29 is 9.90 Å². The highest BCUT2D eigenvalue weighted by Crippen LogP contribution is 2.46. The van der Waals surface area contributed by atoms with Crippen molar-refractivity contribution >= 4 is 5.97 Å². The van der Waals surface area contributed by atoms with Crippen LogP contribution >= 0.6 is 0 Å². The summed E-state index contributed by atoms with van der Waals surface area (Å²) < 4.78 is 0. The largest absolute Gasteiger partial charge is 0.481 e. The SMILES string of the molecule is CCCCCCCCC(C(=O)O)(C(C)CCCCCC)C(C)CCCCCC. The summed E-state index contributed by atoms with van der Waals surface area (Å²) in [5.74, 6) is 0.0318. The van der Waals surface area contributed by atoms with Crippen molar-refractivity contribution in [2.75, 3.05) is 0 Å². The van der Waals surface area contributed by atoms with E-state index >= 15 is 0 Å². The van der Waals surface area contributed by atoms with Gasteiger partial charge in [0.2, 0.25) is 0 Å². The summed E-state index contributed by atoms with van der Waals surface area (Å²) in [4.78, 5) is 12.6. The van der Waals surface area contributed by atoms with Crippen LogP contribution in [0.2, 0.25) is 0 Å². The molecule has 0 saturated carbocycles. The first kappa shape index (κ1) is 27.5. The zero-order chi connectivity index (χ0) is 21.3. The van der Waals surface area contributed by atoms with Crippen molar-refractivity contribution in [3.8, 4) is 0 Å². The zero-order valence-corrected chi connectivity index (χ0v) is 20.0. The molecule has 2 atom stereocenters. The van der Waals surface area contributed by atoms with Crippen LogP contribution in [0.3, 0.4) is 0 Å². The lowest BCUT2D eigenvalue weighted by molar-refractivity contribution is -0.158. The van der Waals surface area contributed by atoms with Crippen LogP contribution in [-0.2, 0) is 4.79 Å². The molecule has 0 aliphatic rings. The van der Waals surface area contributed by atoms with Crippen molar-refractivity contribution in [1.29, 1.82) is 0 Å². The fourth-order valence-electron chi connectivity index (χ4n) is 4.97. The van der Waals surface area contributed by atoms with E-state index in [9.17, 15) is 9.90 Å². The summed E-state index contributed by atoms with van der Waals surface area (Å²) in [5.41, 5.74) is -0.525. The predicted molar refractivity (Wildman–Crippen MR) is 124 cm³/mol. The van der Waals surface area contributed by atoms with Gasteiger partial charge in [-0.1, -0.05) is 125 Å². The van der Waals surface area contributed by atoms with Gasteiger partial charge in [-0.05, 0) is 31.1 Å². The van der Waals surface area contributed by atoms with Crippen molar-refractivity contribution in [3.63, 3.8) is 0 Å². The number of hydrogen-bond donors (Lipinski definition) is 1. The molecule has 0 aromatic heterocycles. The minimum atomic E-state index is -0.525. The van der Waals surface area contributed by atoms with Crippen LogP contribution < -0.4 is 0 Å². The van der Waals surface area contributed by atoms with Crippen LogP contribution in [0, 0.1) is 17.3 Å². The van der Waals surface area contributed by atoms with Crippen molar-refractivity contribution in [1.82, 2.24) is 0 Å². The van der Waals surface area contributed by atoms with E-state index in [1.165, 1.54) is 83.5 Å². The van der Waals surface area contributed by atoms with Crippen LogP contribution in [0.15, 0.2) is 0 Å². The van der Waals surface area contributed by atoms with Gasteiger partial charge in [0.25, 0.3) is 0 Å². The summed E-state index contributed by atoms with van der Waals surface area (Å²) in [6, 6.07) is 0. The Hall–Kier alpha value is -0.530. The molecule has 1 N–H and O–H groups in total. The van der Waals surface area contributed by atoms with Crippen LogP contribution in [-0.4, -0.2) is 11.1 Å². The van der Waals surface area contributed by atoms with Crippen LogP contribution in [0.25, 0.3) is 0 Å². The number of carbonyl (C=O) groups is 1. The Bertz CT molecular complexity index is 345. The molecule has 168 valence electrons. The van der Waals surface area contributed by atoms with E-state index < -0.39 is 11.4 Å². The third-order valence-corrected chi connectivity index (χ3v) is 7.08. The maximum Gasteiger partial charge on any atom is 0.310 e. The van der Waals surface area contributed by atoms with Crippen LogP contribution in [0.5, 0.6) is 0 Å². The summed E-state index contributed by atoms with van der Waals surface area (Å²) >= 11 is 0. The molecule has 0 aromatic rings. The number of hydrogen-bond acceptors (Lipinski definition) is 1. The molecule has 2 heteroatoms. The molecule has 2 nitrogen and oxygen atoms in total. The fraction of sp³-hybridized carbons (Fsp3) is 0.962. The Morgan fingerprint density at radius 1 is 0.643 bits per heavy atom. The third kappa shape index (κ3) is 10.3. The monoisotopic (exact) mass is 396 g/mol. The Morgan fingerprint density at radius 3 is 1.39 bits per heavy atom. The van der Waals surface area contributed by atoms with E-state index in [2.05, 4.69) is 34.6 Å². The molecular weight excluding hydrogens is 344 g/mol. The molecule has 0 radical (unpaired) electrons. The Kier molecular flexibility index (Phi) is 17.0. The normalized spacial score (nSPS) is 15.9. The summed E-state index contributed by atoms with van der Waals surface area (Å²) in [5, 5.41) is 10.4. The van der Waals surface area contributed by atoms with Gasteiger partial charge in [-0.3, -0.25) is 4.79 Å². The smallest absolute Gasteiger partial charge is 0.310 e. The molecule has 28 heavy (non-hydrogen) atoms. The minimum Gasteiger partial charge on any atom is -0.481 e. The average molecular weight is 397 g/mol. The lowest BCUT2D eigenvalue weighted by Crippen LogP contribution is -2.43. The van der Waals surface area contributed by atoms with Crippen LogP contribution in [0.1, 0.15) is 144 Å². The zero-order valence-electron chi connectivity index (χ0n) is 20.0. The summed E-state index contributed by atoms with van der Waals surface area (Å²) in [6.07, 6.45) is 20.3. The molecule has 0 fully saturated rings. The van der Waals surface area contributed by atoms with Crippen molar-refractivity contribution in [3.05, 3.63) is 0 Å². The second-order valence-corrected chi connectivity index (χ2v) is 9.36. The number of carboxylic acids is 1. The quantitative estimate of drug-likeness (QED) is 0.208. The second-order valence-electron chi connectivity index (χ2n) is 9.36. The van der Waals surface area contributed by atoms with E-state index in [-0.39, 0.29) is 11.8 Å². The first-order valence-corrected chi connectivity index (χ1v) is 12.7. The molecule has 2 unspecified atom stereocenters. The molecule has 0 aliphatic carbocycles. The van der Waals surface area contributed by atoms with Gasteiger partial charge in [-0.15, -0.1) is 0 Å². The van der Waals surface area contributed by atoms with E-state index in [0.29, 0.717) is 0 Å². The highest BCUT2D eigenvalue weighted by molar-refractivity contribution is 5.75. The molecule has 0 aliphatic heterocycles. The molecule has 0 aromatic carbocycles. The Balaban J connectivity index is 5.00. The van der Waals surface area contributed by atoms with Gasteiger partial charge in [-0.25, -0.2) is 0 Å². The lowest BCUT2D eigenvalue weighted by atomic mass is 9.62. The third-order valence-electron chi connectivity index (χ3n) is 7.08. The van der Waals surface area contributed by atoms with Gasteiger partial charge in [-0.2, -0.15) is 0 Å². The van der Waals surface area contributed by atoms with Gasteiger partial charge in [0, 0.05) is 0 Å². The molecule has 0 spiro atoms. The first-order chi connectivity index (χ1) is 13.5. The Labute approximate surface area is 177 Å². The predicted octanol–water partition coefficient (Wildman–Crippen LogP) is 9.02. The van der Waals surface area contributed by atoms with E-state index in [1.54, 1.807) is 0 Å². The standard InChI is InChI=1S/C26H52O2/c1-6-9-12-15-16-19-22-26(25(27)28,23(4)20-17-13-10-7-2)24(5)21-18-14-11-8-3/h23-24H,6-22H2,1-5H3,(H,27,28). The van der Waals surface area contributed by atoms with E-state index in [4.69, 9.17) is 0 Å². The fourth-order valence-corrected chi connectivity index (χ4v) is 4.97.